The summed E-state index contributed by atoms with van der Waals surface area (Å²) >= 11 is 6.04. The fourth-order valence-electron chi connectivity index (χ4n) is 2.28. The van der Waals surface area contributed by atoms with E-state index >= 15 is 0 Å². The summed E-state index contributed by atoms with van der Waals surface area (Å²) in [4.78, 5) is 13.0. The normalized spacial score (nSPS) is 12.5. The Morgan fingerprint density at radius 2 is 2.14 bits per heavy atom. The van der Waals surface area contributed by atoms with Crippen molar-refractivity contribution < 1.29 is 0 Å². The molecule has 0 saturated heterocycles. The third-order valence-electron chi connectivity index (χ3n) is 3.44. The van der Waals surface area contributed by atoms with Gasteiger partial charge in [0, 0.05) is 11.6 Å². The number of nitrogens with one attached hydrogen (secondary N) is 1. The highest BCUT2D eigenvalue weighted by atomic mass is 35.5. The van der Waals surface area contributed by atoms with Gasteiger partial charge in [-0.25, -0.2) is 15.0 Å². The zero-order valence-electron chi connectivity index (χ0n) is 11.9. The van der Waals surface area contributed by atoms with Crippen LogP contribution in [0.2, 0.25) is 5.02 Å². The molecule has 0 amide bonds. The zero-order chi connectivity index (χ0) is 14.8. The highest BCUT2D eigenvalue weighted by Gasteiger charge is 2.12. The smallest absolute Gasteiger partial charge is 0.165 e. The summed E-state index contributed by atoms with van der Waals surface area (Å²) in [6.45, 7) is 4.96. The van der Waals surface area contributed by atoms with Gasteiger partial charge in [-0.1, -0.05) is 23.7 Å². The highest BCUT2D eigenvalue weighted by molar-refractivity contribution is 6.30. The topological polar surface area (TPSA) is 55.6 Å². The Kier molecular flexibility index (Phi) is 3.75. The first-order valence-corrected chi connectivity index (χ1v) is 7.24. The molecule has 2 heterocycles. The maximum Gasteiger partial charge on any atom is 0.165 e. The number of fused-ring (bicyclic) bond motifs is 1. The Morgan fingerprint density at radius 3 is 2.90 bits per heavy atom. The molecular weight excluding hydrogens is 286 g/mol. The van der Waals surface area contributed by atoms with Crippen molar-refractivity contribution in [3.05, 3.63) is 47.5 Å². The third kappa shape index (κ3) is 2.69. The van der Waals surface area contributed by atoms with Crippen molar-refractivity contribution in [1.29, 1.82) is 0 Å². The van der Waals surface area contributed by atoms with E-state index in [2.05, 4.69) is 34.1 Å². The van der Waals surface area contributed by atoms with E-state index in [1.54, 1.807) is 12.7 Å². The van der Waals surface area contributed by atoms with Gasteiger partial charge in [-0.15, -0.1) is 0 Å². The minimum absolute atomic E-state index is 0.0774. The predicted molar refractivity (Wildman–Crippen MR) is 84.5 cm³/mol. The molecule has 3 rings (SSSR count). The molecule has 5 nitrogen and oxygen atoms in total. The second-order valence-electron chi connectivity index (χ2n) is 4.85. The van der Waals surface area contributed by atoms with E-state index in [1.165, 1.54) is 0 Å². The summed E-state index contributed by atoms with van der Waals surface area (Å²) in [6, 6.07) is 7.86. The van der Waals surface area contributed by atoms with E-state index < -0.39 is 0 Å². The fourth-order valence-corrected chi connectivity index (χ4v) is 2.48. The maximum absolute atomic E-state index is 6.04. The number of anilines is 1. The van der Waals surface area contributed by atoms with E-state index in [-0.39, 0.29) is 6.04 Å². The van der Waals surface area contributed by atoms with Crippen LogP contribution >= 0.6 is 11.6 Å². The molecule has 1 atom stereocenters. The number of imidazole rings is 1. The Bertz CT molecular complexity index is 768. The SMILES string of the molecule is CCn1cnc2c(NC(C)c3cccc(Cl)c3)ncnc21. The lowest BCUT2D eigenvalue weighted by Crippen LogP contribution is -2.09. The predicted octanol–water partition coefficient (Wildman–Crippen LogP) is 3.67. The van der Waals surface area contributed by atoms with Crippen LogP contribution in [0.3, 0.4) is 0 Å². The van der Waals surface area contributed by atoms with Gasteiger partial charge >= 0.3 is 0 Å². The van der Waals surface area contributed by atoms with Gasteiger partial charge in [0.25, 0.3) is 0 Å². The highest BCUT2D eigenvalue weighted by Crippen LogP contribution is 2.24. The molecule has 0 bridgehead atoms. The Labute approximate surface area is 128 Å². The van der Waals surface area contributed by atoms with Crippen LogP contribution < -0.4 is 5.32 Å². The molecule has 21 heavy (non-hydrogen) atoms. The molecular formula is C15H16ClN5. The summed E-state index contributed by atoms with van der Waals surface area (Å²) in [6.07, 6.45) is 3.35. The minimum atomic E-state index is 0.0774. The Hall–Kier alpha value is -2.14. The van der Waals surface area contributed by atoms with Crippen LogP contribution in [-0.2, 0) is 6.54 Å². The molecule has 2 aromatic heterocycles. The van der Waals surface area contributed by atoms with Crippen molar-refractivity contribution in [2.24, 2.45) is 0 Å². The van der Waals surface area contributed by atoms with E-state index in [9.17, 15) is 0 Å². The number of hydrogen-bond donors (Lipinski definition) is 1. The molecule has 108 valence electrons. The molecule has 0 fully saturated rings. The first-order valence-electron chi connectivity index (χ1n) is 6.87. The number of hydrogen-bond acceptors (Lipinski definition) is 4. The molecule has 1 aromatic carbocycles. The van der Waals surface area contributed by atoms with E-state index in [0.717, 1.165) is 34.1 Å². The Balaban J connectivity index is 1.93. The van der Waals surface area contributed by atoms with Crippen molar-refractivity contribution in [1.82, 2.24) is 19.5 Å². The second kappa shape index (κ2) is 5.69. The zero-order valence-corrected chi connectivity index (χ0v) is 12.7. The van der Waals surface area contributed by atoms with E-state index in [4.69, 9.17) is 11.6 Å². The van der Waals surface area contributed by atoms with Crippen molar-refractivity contribution in [3.63, 3.8) is 0 Å². The summed E-state index contributed by atoms with van der Waals surface area (Å²) in [5, 5.41) is 4.11. The molecule has 0 aliphatic heterocycles. The number of benzene rings is 1. The first-order chi connectivity index (χ1) is 10.2. The second-order valence-corrected chi connectivity index (χ2v) is 5.28. The number of aromatic nitrogens is 4. The molecule has 6 heteroatoms. The van der Waals surface area contributed by atoms with Crippen molar-refractivity contribution in [2.75, 3.05) is 5.32 Å². The van der Waals surface area contributed by atoms with Gasteiger partial charge < -0.3 is 9.88 Å². The first kappa shape index (κ1) is 13.8. The largest absolute Gasteiger partial charge is 0.362 e. The summed E-state index contributed by atoms with van der Waals surface area (Å²) < 4.78 is 1.99. The lowest BCUT2D eigenvalue weighted by molar-refractivity contribution is 0.777. The number of halogens is 1. The molecule has 0 saturated carbocycles. The maximum atomic E-state index is 6.04. The van der Waals surface area contributed by atoms with Gasteiger partial charge in [-0.05, 0) is 31.5 Å². The van der Waals surface area contributed by atoms with Gasteiger partial charge in [0.1, 0.15) is 11.8 Å². The van der Waals surface area contributed by atoms with Gasteiger partial charge in [-0.3, -0.25) is 0 Å². The Morgan fingerprint density at radius 1 is 1.29 bits per heavy atom. The van der Waals surface area contributed by atoms with Crippen molar-refractivity contribution >= 4 is 28.6 Å². The van der Waals surface area contributed by atoms with Crippen LogP contribution in [0.5, 0.6) is 0 Å². The molecule has 0 aliphatic carbocycles. The average Bonchev–Trinajstić information content (AvgIpc) is 2.91. The molecule has 0 aliphatic rings. The van der Waals surface area contributed by atoms with Crippen LogP contribution in [0.1, 0.15) is 25.5 Å². The third-order valence-corrected chi connectivity index (χ3v) is 3.68. The van der Waals surface area contributed by atoms with Gasteiger partial charge in [-0.2, -0.15) is 0 Å². The lowest BCUT2D eigenvalue weighted by Gasteiger charge is -2.15. The molecule has 1 N–H and O–H groups in total. The molecule has 1 unspecified atom stereocenters. The van der Waals surface area contributed by atoms with Crippen molar-refractivity contribution in [2.45, 2.75) is 26.4 Å². The van der Waals surface area contributed by atoms with E-state index in [1.807, 2.05) is 28.8 Å². The number of nitrogens with zero attached hydrogens (tertiary/aromatic N) is 4. The summed E-state index contributed by atoms with van der Waals surface area (Å²) in [7, 11) is 0. The van der Waals surface area contributed by atoms with Gasteiger partial charge in [0.15, 0.2) is 11.5 Å². The summed E-state index contributed by atoms with van der Waals surface area (Å²) in [5.41, 5.74) is 2.73. The lowest BCUT2D eigenvalue weighted by atomic mass is 10.1. The summed E-state index contributed by atoms with van der Waals surface area (Å²) in [5.74, 6) is 0.736. The van der Waals surface area contributed by atoms with E-state index in [0.29, 0.717) is 0 Å². The van der Waals surface area contributed by atoms with Crippen LogP contribution in [-0.4, -0.2) is 19.5 Å². The minimum Gasteiger partial charge on any atom is -0.362 e. The standard InChI is InChI=1S/C15H16ClN5/c1-3-21-9-19-13-14(17-8-18-15(13)21)20-10(2)11-5-4-6-12(16)7-11/h4-10H,3H2,1-2H3,(H,17,18,20). The monoisotopic (exact) mass is 301 g/mol. The molecule has 3 aromatic rings. The van der Waals surface area contributed by atoms with Crippen LogP contribution in [0.25, 0.3) is 11.2 Å². The van der Waals surface area contributed by atoms with Crippen LogP contribution in [0, 0.1) is 0 Å². The molecule has 0 radical (unpaired) electrons. The quantitative estimate of drug-likeness (QED) is 0.799. The number of aryl methyl sites for hydroxylation is 1. The average molecular weight is 302 g/mol. The fraction of sp³-hybridized carbons (Fsp3) is 0.267. The van der Waals surface area contributed by atoms with Gasteiger partial charge in [0.2, 0.25) is 0 Å². The molecule has 0 spiro atoms. The van der Waals surface area contributed by atoms with Crippen LogP contribution in [0.4, 0.5) is 5.82 Å². The van der Waals surface area contributed by atoms with Crippen molar-refractivity contribution in [3.8, 4) is 0 Å². The van der Waals surface area contributed by atoms with Crippen LogP contribution in [0.15, 0.2) is 36.9 Å². The number of rotatable bonds is 4. The van der Waals surface area contributed by atoms with Gasteiger partial charge in [0.05, 0.1) is 12.4 Å².